The summed E-state index contributed by atoms with van der Waals surface area (Å²) in [5, 5.41) is 1.09. The number of ether oxygens (including phenoxy) is 1. The standard InChI is InChI=1S/C17H17N3O/c1-21-15-10-3-2-8-13(15)17(20-18)14-9-4-6-12-7-5-11-19-16(12)14/h2-11,17,20H,18H2,1H3. The molecule has 0 amide bonds. The molecule has 1 unspecified atom stereocenters. The second-order valence-electron chi connectivity index (χ2n) is 4.76. The predicted octanol–water partition coefficient (Wildman–Crippen LogP) is 2.80. The quantitative estimate of drug-likeness (QED) is 0.569. The van der Waals surface area contributed by atoms with E-state index < -0.39 is 0 Å². The molecule has 0 aliphatic heterocycles. The molecule has 3 N–H and O–H groups in total. The maximum absolute atomic E-state index is 5.82. The molecular weight excluding hydrogens is 262 g/mol. The zero-order valence-electron chi connectivity index (χ0n) is 11.8. The van der Waals surface area contributed by atoms with E-state index in [0.29, 0.717) is 0 Å². The fraction of sp³-hybridized carbons (Fsp3) is 0.118. The Labute approximate surface area is 123 Å². The van der Waals surface area contributed by atoms with Gasteiger partial charge in [0.15, 0.2) is 0 Å². The molecule has 4 heteroatoms. The van der Waals surface area contributed by atoms with Crippen LogP contribution in [0.25, 0.3) is 10.9 Å². The fourth-order valence-corrected chi connectivity index (χ4v) is 2.61. The van der Waals surface area contributed by atoms with Crippen molar-refractivity contribution in [2.24, 2.45) is 5.84 Å². The van der Waals surface area contributed by atoms with Gasteiger partial charge in [0.25, 0.3) is 0 Å². The molecule has 1 aromatic heterocycles. The molecule has 0 aliphatic carbocycles. The van der Waals surface area contributed by atoms with E-state index in [9.17, 15) is 0 Å². The number of aromatic nitrogens is 1. The summed E-state index contributed by atoms with van der Waals surface area (Å²) < 4.78 is 5.45. The zero-order chi connectivity index (χ0) is 14.7. The van der Waals surface area contributed by atoms with E-state index in [1.807, 2.05) is 54.6 Å². The molecule has 3 rings (SSSR count). The lowest BCUT2D eigenvalue weighted by atomic mass is 9.96. The minimum Gasteiger partial charge on any atom is -0.496 e. The van der Waals surface area contributed by atoms with Crippen LogP contribution in [0, 0.1) is 0 Å². The first-order valence-electron chi connectivity index (χ1n) is 6.78. The highest BCUT2D eigenvalue weighted by Gasteiger charge is 2.19. The molecule has 3 aromatic rings. The van der Waals surface area contributed by atoms with Gasteiger partial charge >= 0.3 is 0 Å². The van der Waals surface area contributed by atoms with E-state index in [0.717, 1.165) is 27.8 Å². The van der Waals surface area contributed by atoms with Crippen LogP contribution in [-0.2, 0) is 0 Å². The molecule has 0 bridgehead atoms. The van der Waals surface area contributed by atoms with Gasteiger partial charge in [0.2, 0.25) is 0 Å². The molecule has 0 saturated carbocycles. The molecule has 0 fully saturated rings. The van der Waals surface area contributed by atoms with Crippen molar-refractivity contribution in [3.8, 4) is 5.75 Å². The van der Waals surface area contributed by atoms with Gasteiger partial charge in [0.1, 0.15) is 5.75 Å². The van der Waals surface area contributed by atoms with E-state index >= 15 is 0 Å². The lowest BCUT2D eigenvalue weighted by Crippen LogP contribution is -2.29. The summed E-state index contributed by atoms with van der Waals surface area (Å²) in [5.74, 6) is 6.62. The van der Waals surface area contributed by atoms with Crippen molar-refractivity contribution in [1.82, 2.24) is 10.4 Å². The number of fused-ring (bicyclic) bond motifs is 1. The largest absolute Gasteiger partial charge is 0.496 e. The first-order valence-corrected chi connectivity index (χ1v) is 6.78. The number of pyridine rings is 1. The van der Waals surface area contributed by atoms with Gasteiger partial charge in [-0.25, -0.2) is 5.43 Å². The van der Waals surface area contributed by atoms with Crippen molar-refractivity contribution in [2.75, 3.05) is 7.11 Å². The summed E-state index contributed by atoms with van der Waals surface area (Å²) >= 11 is 0. The second-order valence-corrected chi connectivity index (χ2v) is 4.76. The third-order valence-corrected chi connectivity index (χ3v) is 3.59. The first kappa shape index (κ1) is 13.5. The summed E-state index contributed by atoms with van der Waals surface area (Å²) in [6.45, 7) is 0. The van der Waals surface area contributed by atoms with Crippen LogP contribution in [0.3, 0.4) is 0 Å². The topological polar surface area (TPSA) is 60.2 Å². The van der Waals surface area contributed by atoms with E-state index in [1.165, 1.54) is 0 Å². The molecular formula is C17H17N3O. The summed E-state index contributed by atoms with van der Waals surface area (Å²) in [7, 11) is 1.66. The Bertz CT molecular complexity index is 752. The molecule has 4 nitrogen and oxygen atoms in total. The molecule has 1 atom stereocenters. The lowest BCUT2D eigenvalue weighted by molar-refractivity contribution is 0.404. The number of hydrogen-bond donors (Lipinski definition) is 2. The molecule has 106 valence electrons. The van der Waals surface area contributed by atoms with Crippen LogP contribution in [0.15, 0.2) is 60.8 Å². The molecule has 21 heavy (non-hydrogen) atoms. The zero-order valence-corrected chi connectivity index (χ0v) is 11.8. The lowest BCUT2D eigenvalue weighted by Gasteiger charge is -2.20. The number of nitrogens with one attached hydrogen (secondary N) is 1. The van der Waals surface area contributed by atoms with Crippen LogP contribution in [0.1, 0.15) is 17.2 Å². The van der Waals surface area contributed by atoms with Crippen molar-refractivity contribution in [3.05, 3.63) is 71.9 Å². The molecule has 1 heterocycles. The Kier molecular flexibility index (Phi) is 3.81. The number of nitrogens with zero attached hydrogens (tertiary/aromatic N) is 1. The Morgan fingerprint density at radius 2 is 1.76 bits per heavy atom. The van der Waals surface area contributed by atoms with Crippen molar-refractivity contribution in [1.29, 1.82) is 0 Å². The Morgan fingerprint density at radius 3 is 2.57 bits per heavy atom. The van der Waals surface area contributed by atoms with Gasteiger partial charge in [-0.3, -0.25) is 10.8 Å². The minimum atomic E-state index is -0.181. The highest BCUT2D eigenvalue weighted by molar-refractivity contribution is 5.82. The number of para-hydroxylation sites is 2. The first-order chi connectivity index (χ1) is 10.3. The van der Waals surface area contributed by atoms with E-state index in [1.54, 1.807) is 13.3 Å². The fourth-order valence-electron chi connectivity index (χ4n) is 2.61. The molecule has 2 aromatic carbocycles. The third-order valence-electron chi connectivity index (χ3n) is 3.59. The average Bonchev–Trinajstić information content (AvgIpc) is 2.56. The number of benzene rings is 2. The second kappa shape index (κ2) is 5.91. The van der Waals surface area contributed by atoms with Crippen molar-refractivity contribution >= 4 is 10.9 Å². The van der Waals surface area contributed by atoms with E-state index in [-0.39, 0.29) is 6.04 Å². The Hall–Kier alpha value is -2.43. The molecule has 0 radical (unpaired) electrons. The van der Waals surface area contributed by atoms with Crippen LogP contribution in [0.2, 0.25) is 0 Å². The highest BCUT2D eigenvalue weighted by Crippen LogP contribution is 2.32. The maximum Gasteiger partial charge on any atom is 0.124 e. The van der Waals surface area contributed by atoms with Gasteiger partial charge in [-0.1, -0.05) is 42.5 Å². The van der Waals surface area contributed by atoms with Crippen molar-refractivity contribution < 1.29 is 4.74 Å². The number of rotatable bonds is 4. The van der Waals surface area contributed by atoms with Crippen molar-refractivity contribution in [2.45, 2.75) is 6.04 Å². The Balaban J connectivity index is 2.19. The van der Waals surface area contributed by atoms with Gasteiger partial charge in [0.05, 0.1) is 18.7 Å². The highest BCUT2D eigenvalue weighted by atomic mass is 16.5. The monoisotopic (exact) mass is 279 g/mol. The van der Waals surface area contributed by atoms with Gasteiger partial charge in [-0.2, -0.15) is 0 Å². The molecule has 0 aliphatic rings. The smallest absolute Gasteiger partial charge is 0.124 e. The van der Waals surface area contributed by atoms with Crippen LogP contribution in [0.5, 0.6) is 5.75 Å². The number of hydrazine groups is 1. The van der Waals surface area contributed by atoms with Gasteiger partial charge in [-0.15, -0.1) is 0 Å². The summed E-state index contributed by atoms with van der Waals surface area (Å²) in [4.78, 5) is 4.49. The number of methoxy groups -OCH3 is 1. The number of hydrogen-bond acceptors (Lipinski definition) is 4. The average molecular weight is 279 g/mol. The van der Waals surface area contributed by atoms with Gasteiger partial charge in [-0.05, 0) is 12.1 Å². The Morgan fingerprint density at radius 1 is 1.00 bits per heavy atom. The van der Waals surface area contributed by atoms with Crippen LogP contribution in [-0.4, -0.2) is 12.1 Å². The van der Waals surface area contributed by atoms with Gasteiger partial charge in [0, 0.05) is 22.7 Å². The van der Waals surface area contributed by atoms with Crippen molar-refractivity contribution in [3.63, 3.8) is 0 Å². The summed E-state index contributed by atoms with van der Waals surface area (Å²) in [5.41, 5.74) is 5.83. The molecule has 0 spiro atoms. The van der Waals surface area contributed by atoms with Gasteiger partial charge < -0.3 is 4.74 Å². The maximum atomic E-state index is 5.82. The third kappa shape index (κ3) is 2.46. The SMILES string of the molecule is COc1ccccc1C(NN)c1cccc2cccnc12. The van der Waals surface area contributed by atoms with Crippen LogP contribution in [0.4, 0.5) is 0 Å². The van der Waals surface area contributed by atoms with E-state index in [4.69, 9.17) is 10.6 Å². The minimum absolute atomic E-state index is 0.181. The summed E-state index contributed by atoms with van der Waals surface area (Å²) in [6, 6.07) is 17.7. The molecule has 0 saturated heterocycles. The predicted molar refractivity (Wildman–Crippen MR) is 83.9 cm³/mol. The number of nitrogens with two attached hydrogens (primary N) is 1. The summed E-state index contributed by atoms with van der Waals surface area (Å²) in [6.07, 6.45) is 1.79. The van der Waals surface area contributed by atoms with Crippen LogP contribution >= 0.6 is 0 Å². The van der Waals surface area contributed by atoms with Crippen LogP contribution < -0.4 is 16.0 Å². The normalized spacial score (nSPS) is 12.3. The van der Waals surface area contributed by atoms with E-state index in [2.05, 4.69) is 10.4 Å².